The monoisotopic (exact) mass is 461 g/mol. The first-order valence-electron chi connectivity index (χ1n) is 8.98. The number of benzene rings is 3. The highest BCUT2D eigenvalue weighted by Gasteiger charge is 2.31. The third-order valence-corrected chi connectivity index (χ3v) is 7.28. The minimum atomic E-state index is -4.13. The molecule has 3 aromatic rings. The van der Waals surface area contributed by atoms with Crippen LogP contribution in [0.5, 0.6) is 5.75 Å². The summed E-state index contributed by atoms with van der Waals surface area (Å²) in [5.74, 6) is -0.0354. The van der Waals surface area contributed by atoms with Gasteiger partial charge in [-0.3, -0.25) is 4.79 Å². The summed E-state index contributed by atoms with van der Waals surface area (Å²) in [5.41, 5.74) is 1.34. The van der Waals surface area contributed by atoms with E-state index < -0.39 is 15.9 Å². The molecule has 3 rings (SSSR count). The highest BCUT2D eigenvalue weighted by Crippen LogP contribution is 2.28. The van der Waals surface area contributed by atoms with Crippen molar-refractivity contribution in [1.29, 1.82) is 0 Å². The average Bonchev–Trinajstić information content (AvgIpc) is 2.74. The molecule has 0 aliphatic carbocycles. The summed E-state index contributed by atoms with van der Waals surface area (Å²) in [7, 11) is -2.62. The van der Waals surface area contributed by atoms with E-state index in [4.69, 9.17) is 16.3 Å². The Balaban J connectivity index is 1.94. The molecule has 0 N–H and O–H groups in total. The SMILES string of the molecule is COc1ccc(N(C(=O)CSc2ccc(C)cc2)S(=O)(=O)c2ccc(Cl)cc2)cc1. The third-order valence-electron chi connectivity index (χ3n) is 4.27. The fraction of sp³-hybridized carbons (Fsp3) is 0.136. The van der Waals surface area contributed by atoms with E-state index >= 15 is 0 Å². The van der Waals surface area contributed by atoms with Crippen LogP contribution in [0.15, 0.2) is 82.6 Å². The topological polar surface area (TPSA) is 63.7 Å². The Bertz CT molecular complexity index is 1110. The van der Waals surface area contributed by atoms with Crippen LogP contribution < -0.4 is 9.04 Å². The van der Waals surface area contributed by atoms with Gasteiger partial charge in [0.2, 0.25) is 0 Å². The lowest BCUT2D eigenvalue weighted by atomic mass is 10.2. The largest absolute Gasteiger partial charge is 0.497 e. The van der Waals surface area contributed by atoms with Crippen LogP contribution in [0, 0.1) is 6.92 Å². The summed E-state index contributed by atoms with van der Waals surface area (Å²) in [6, 6.07) is 19.7. The number of carbonyl (C=O) groups excluding carboxylic acids is 1. The number of rotatable bonds is 7. The number of methoxy groups -OCH3 is 1. The molecule has 0 bridgehead atoms. The van der Waals surface area contributed by atoms with Gasteiger partial charge in [0.05, 0.1) is 23.4 Å². The number of thioether (sulfide) groups is 1. The lowest BCUT2D eigenvalue weighted by molar-refractivity contribution is -0.115. The second-order valence-corrected chi connectivity index (χ2v) is 9.69. The van der Waals surface area contributed by atoms with Crippen LogP contribution in [0.3, 0.4) is 0 Å². The van der Waals surface area contributed by atoms with Crippen molar-refractivity contribution in [2.45, 2.75) is 16.7 Å². The zero-order valence-electron chi connectivity index (χ0n) is 16.4. The Labute approximate surface area is 185 Å². The molecule has 0 spiro atoms. The Morgan fingerprint density at radius 2 is 1.57 bits per heavy atom. The summed E-state index contributed by atoms with van der Waals surface area (Å²) in [6.07, 6.45) is 0. The van der Waals surface area contributed by atoms with Gasteiger partial charge in [0.1, 0.15) is 5.75 Å². The van der Waals surface area contributed by atoms with E-state index in [0.29, 0.717) is 10.8 Å². The maximum Gasteiger partial charge on any atom is 0.270 e. The maximum absolute atomic E-state index is 13.3. The van der Waals surface area contributed by atoms with Crippen LogP contribution >= 0.6 is 23.4 Å². The number of carbonyl (C=O) groups is 1. The zero-order valence-corrected chi connectivity index (χ0v) is 18.8. The van der Waals surface area contributed by atoms with Gasteiger partial charge >= 0.3 is 0 Å². The molecule has 156 valence electrons. The first kappa shape index (κ1) is 22.2. The van der Waals surface area contributed by atoms with E-state index in [1.807, 2.05) is 31.2 Å². The Kier molecular flexibility index (Phi) is 7.07. The van der Waals surface area contributed by atoms with Gasteiger partial charge < -0.3 is 4.74 Å². The predicted octanol–water partition coefficient (Wildman–Crippen LogP) is 5.17. The van der Waals surface area contributed by atoms with Crippen molar-refractivity contribution in [1.82, 2.24) is 0 Å². The molecule has 0 unspecified atom stereocenters. The molecule has 0 aliphatic rings. The molecular weight excluding hydrogens is 442 g/mol. The normalized spacial score (nSPS) is 11.2. The molecule has 5 nitrogen and oxygen atoms in total. The standard InChI is InChI=1S/C22H20ClNO4S2/c1-16-3-11-20(12-4-16)29-15-22(25)24(18-7-9-19(28-2)10-8-18)30(26,27)21-13-5-17(23)6-14-21/h3-14H,15H2,1-2H3. The smallest absolute Gasteiger partial charge is 0.270 e. The minimum Gasteiger partial charge on any atom is -0.497 e. The van der Waals surface area contributed by atoms with Gasteiger partial charge in [-0.2, -0.15) is 0 Å². The Morgan fingerprint density at radius 1 is 0.967 bits per heavy atom. The quantitative estimate of drug-likeness (QED) is 0.454. The van der Waals surface area contributed by atoms with E-state index in [2.05, 4.69) is 0 Å². The first-order valence-corrected chi connectivity index (χ1v) is 11.8. The van der Waals surface area contributed by atoms with E-state index in [1.54, 1.807) is 24.3 Å². The van der Waals surface area contributed by atoms with Crippen LogP contribution in [0.4, 0.5) is 5.69 Å². The van der Waals surface area contributed by atoms with Crippen molar-refractivity contribution in [3.8, 4) is 5.75 Å². The molecule has 0 saturated heterocycles. The summed E-state index contributed by atoms with van der Waals surface area (Å²) in [5, 5.41) is 0.409. The summed E-state index contributed by atoms with van der Waals surface area (Å²) >= 11 is 7.17. The molecule has 3 aromatic carbocycles. The number of sulfonamides is 1. The Morgan fingerprint density at radius 3 is 2.13 bits per heavy atom. The van der Waals surface area contributed by atoms with E-state index in [0.717, 1.165) is 14.8 Å². The van der Waals surface area contributed by atoms with Crippen molar-refractivity contribution >= 4 is 45.0 Å². The number of nitrogens with zero attached hydrogens (tertiary/aromatic N) is 1. The van der Waals surface area contributed by atoms with Gasteiger partial charge in [-0.25, -0.2) is 12.7 Å². The van der Waals surface area contributed by atoms with Crippen molar-refractivity contribution in [3.63, 3.8) is 0 Å². The van der Waals surface area contributed by atoms with Gasteiger partial charge in [0.25, 0.3) is 15.9 Å². The molecule has 0 saturated carbocycles. The minimum absolute atomic E-state index is 0.0172. The Hall–Kier alpha value is -2.48. The number of amides is 1. The highest BCUT2D eigenvalue weighted by atomic mass is 35.5. The molecule has 0 radical (unpaired) electrons. The zero-order chi connectivity index (χ0) is 21.7. The van der Waals surface area contributed by atoms with E-state index in [-0.39, 0.29) is 16.3 Å². The summed E-state index contributed by atoms with van der Waals surface area (Å²) in [6.45, 7) is 1.98. The van der Waals surface area contributed by atoms with Crippen LogP contribution in [-0.4, -0.2) is 27.2 Å². The molecule has 0 heterocycles. The maximum atomic E-state index is 13.3. The molecule has 8 heteroatoms. The van der Waals surface area contributed by atoms with Gasteiger partial charge in [-0.15, -0.1) is 11.8 Å². The average molecular weight is 462 g/mol. The van der Waals surface area contributed by atoms with Crippen molar-refractivity contribution in [2.24, 2.45) is 0 Å². The van der Waals surface area contributed by atoms with Crippen LogP contribution in [0.25, 0.3) is 0 Å². The van der Waals surface area contributed by atoms with Crippen LogP contribution in [-0.2, 0) is 14.8 Å². The second kappa shape index (κ2) is 9.55. The van der Waals surface area contributed by atoms with Crippen molar-refractivity contribution < 1.29 is 17.9 Å². The molecule has 0 aliphatic heterocycles. The molecule has 1 amide bonds. The molecule has 0 aromatic heterocycles. The number of ether oxygens (including phenoxy) is 1. The van der Waals surface area contributed by atoms with E-state index in [9.17, 15) is 13.2 Å². The number of hydrogen-bond donors (Lipinski definition) is 0. The van der Waals surface area contributed by atoms with Gasteiger partial charge in [-0.1, -0.05) is 29.3 Å². The fourth-order valence-corrected chi connectivity index (χ4v) is 5.06. The number of aryl methyl sites for hydroxylation is 1. The van der Waals surface area contributed by atoms with Crippen LogP contribution in [0.1, 0.15) is 5.56 Å². The van der Waals surface area contributed by atoms with Crippen molar-refractivity contribution in [3.05, 3.63) is 83.4 Å². The highest BCUT2D eigenvalue weighted by molar-refractivity contribution is 8.00. The first-order chi connectivity index (χ1) is 14.3. The van der Waals surface area contributed by atoms with Crippen LogP contribution in [0.2, 0.25) is 5.02 Å². The lowest BCUT2D eigenvalue weighted by Crippen LogP contribution is -2.38. The van der Waals surface area contributed by atoms with Gasteiger partial charge in [0, 0.05) is 9.92 Å². The molecular formula is C22H20ClNO4S2. The second-order valence-electron chi connectivity index (χ2n) is 6.42. The van der Waals surface area contributed by atoms with Crippen molar-refractivity contribution in [2.75, 3.05) is 17.2 Å². The number of halogens is 1. The summed E-state index contributed by atoms with van der Waals surface area (Å²) < 4.78 is 32.6. The molecule has 30 heavy (non-hydrogen) atoms. The predicted molar refractivity (Wildman–Crippen MR) is 121 cm³/mol. The lowest BCUT2D eigenvalue weighted by Gasteiger charge is -2.23. The molecule has 0 fully saturated rings. The third kappa shape index (κ3) is 5.16. The number of anilines is 1. The summed E-state index contributed by atoms with van der Waals surface area (Å²) in [4.78, 5) is 14.0. The van der Waals surface area contributed by atoms with Gasteiger partial charge in [-0.05, 0) is 67.6 Å². The van der Waals surface area contributed by atoms with E-state index in [1.165, 1.54) is 43.1 Å². The number of hydrogen-bond acceptors (Lipinski definition) is 5. The van der Waals surface area contributed by atoms with Gasteiger partial charge in [0.15, 0.2) is 0 Å². The fourth-order valence-electron chi connectivity index (χ4n) is 2.68. The molecule has 0 atom stereocenters.